The zero-order valence-electron chi connectivity index (χ0n) is 7.54. The van der Waals surface area contributed by atoms with E-state index in [2.05, 4.69) is 15.9 Å². The average Bonchev–Trinajstić information content (AvgIpc) is 2.16. The minimum atomic E-state index is 0.220. The maximum absolute atomic E-state index is 5.26. The normalized spacial score (nSPS) is 9.77. The molecule has 1 aromatic rings. The van der Waals surface area contributed by atoms with Gasteiger partial charge >= 0.3 is 0 Å². The minimum Gasteiger partial charge on any atom is -0.493 e. The van der Waals surface area contributed by atoms with Crippen LogP contribution in [0.4, 0.5) is 0 Å². The second kappa shape index (κ2) is 5.09. The molecule has 0 heterocycles. The van der Waals surface area contributed by atoms with Gasteiger partial charge in [-0.05, 0) is 18.2 Å². The summed E-state index contributed by atoms with van der Waals surface area (Å²) >= 11 is 3.34. The van der Waals surface area contributed by atoms with E-state index in [0.717, 1.165) is 4.47 Å². The molecular weight excluding hydrogens is 236 g/mol. The molecule has 0 saturated carbocycles. The molecule has 72 valence electrons. The molecule has 0 unspecified atom stereocenters. The molecule has 0 fully saturated rings. The van der Waals surface area contributed by atoms with Gasteiger partial charge in [0.2, 0.25) is 0 Å². The Kier molecular flexibility index (Phi) is 4.05. The molecule has 1 rings (SSSR count). The Morgan fingerprint density at radius 3 is 2.62 bits per heavy atom. The fourth-order valence-electron chi connectivity index (χ4n) is 0.883. The van der Waals surface area contributed by atoms with E-state index in [1.54, 1.807) is 14.2 Å². The van der Waals surface area contributed by atoms with Crippen LogP contribution in [0.15, 0.2) is 22.7 Å². The molecule has 0 aliphatic heterocycles. The third kappa shape index (κ3) is 2.90. The van der Waals surface area contributed by atoms with Gasteiger partial charge in [-0.15, -0.1) is 0 Å². The van der Waals surface area contributed by atoms with E-state index in [1.165, 1.54) is 0 Å². The summed E-state index contributed by atoms with van der Waals surface area (Å²) in [6.07, 6.45) is 0. The Morgan fingerprint density at radius 2 is 2.00 bits per heavy atom. The fourth-order valence-corrected chi connectivity index (χ4v) is 1.22. The van der Waals surface area contributed by atoms with Gasteiger partial charge in [0.25, 0.3) is 0 Å². The first kappa shape index (κ1) is 10.3. The van der Waals surface area contributed by atoms with Crippen LogP contribution in [0.2, 0.25) is 0 Å². The Bertz CT molecular complexity index is 276. The van der Waals surface area contributed by atoms with Crippen molar-refractivity contribution in [2.45, 2.75) is 0 Å². The summed E-state index contributed by atoms with van der Waals surface area (Å²) in [5.74, 6) is 1.36. The van der Waals surface area contributed by atoms with Crippen molar-refractivity contribution >= 4 is 15.9 Å². The van der Waals surface area contributed by atoms with E-state index in [4.69, 9.17) is 14.2 Å². The van der Waals surface area contributed by atoms with Gasteiger partial charge in [0, 0.05) is 11.6 Å². The van der Waals surface area contributed by atoms with Crippen LogP contribution >= 0.6 is 15.9 Å². The standard InChI is InChI=1S/C9H11BrO3/c1-11-6-13-8-4-3-7(10)5-9(8)12-2/h3-5H,6H2,1-2H3. The number of hydrogen-bond acceptors (Lipinski definition) is 3. The second-order valence-corrected chi connectivity index (χ2v) is 3.26. The molecule has 1 aromatic carbocycles. The zero-order chi connectivity index (χ0) is 9.68. The zero-order valence-corrected chi connectivity index (χ0v) is 9.13. The van der Waals surface area contributed by atoms with E-state index in [-0.39, 0.29) is 6.79 Å². The van der Waals surface area contributed by atoms with Crippen molar-refractivity contribution in [3.05, 3.63) is 22.7 Å². The van der Waals surface area contributed by atoms with E-state index in [1.807, 2.05) is 18.2 Å². The summed E-state index contributed by atoms with van der Waals surface area (Å²) in [5, 5.41) is 0. The maximum atomic E-state index is 5.26. The van der Waals surface area contributed by atoms with Crippen molar-refractivity contribution in [1.29, 1.82) is 0 Å². The first-order valence-corrected chi connectivity index (χ1v) is 4.52. The lowest BCUT2D eigenvalue weighted by molar-refractivity contribution is 0.0491. The minimum absolute atomic E-state index is 0.220. The molecule has 0 atom stereocenters. The Morgan fingerprint density at radius 1 is 1.23 bits per heavy atom. The first-order chi connectivity index (χ1) is 6.27. The molecule has 0 bridgehead atoms. The number of benzene rings is 1. The van der Waals surface area contributed by atoms with Crippen molar-refractivity contribution < 1.29 is 14.2 Å². The number of halogens is 1. The summed E-state index contributed by atoms with van der Waals surface area (Å²) in [6, 6.07) is 5.54. The molecule has 3 nitrogen and oxygen atoms in total. The van der Waals surface area contributed by atoms with Crippen molar-refractivity contribution in [1.82, 2.24) is 0 Å². The number of ether oxygens (including phenoxy) is 3. The van der Waals surface area contributed by atoms with E-state index >= 15 is 0 Å². The predicted octanol–water partition coefficient (Wildman–Crippen LogP) is 2.44. The quantitative estimate of drug-likeness (QED) is 0.765. The lowest BCUT2D eigenvalue weighted by Gasteiger charge is -2.09. The summed E-state index contributed by atoms with van der Waals surface area (Å²) in [4.78, 5) is 0. The molecule has 0 radical (unpaired) electrons. The van der Waals surface area contributed by atoms with Crippen LogP contribution in [-0.4, -0.2) is 21.0 Å². The van der Waals surface area contributed by atoms with Crippen molar-refractivity contribution in [3.63, 3.8) is 0 Å². The van der Waals surface area contributed by atoms with Gasteiger partial charge in [-0.25, -0.2) is 0 Å². The summed E-state index contributed by atoms with van der Waals surface area (Å²) in [7, 11) is 3.17. The number of hydrogen-bond donors (Lipinski definition) is 0. The molecule has 0 amide bonds. The van der Waals surface area contributed by atoms with Crippen LogP contribution in [0.3, 0.4) is 0 Å². The van der Waals surface area contributed by atoms with Gasteiger partial charge in [-0.2, -0.15) is 0 Å². The lowest BCUT2D eigenvalue weighted by Crippen LogP contribution is -2.00. The first-order valence-electron chi connectivity index (χ1n) is 3.73. The molecule has 0 saturated heterocycles. The highest BCUT2D eigenvalue weighted by atomic mass is 79.9. The van der Waals surface area contributed by atoms with E-state index in [9.17, 15) is 0 Å². The van der Waals surface area contributed by atoms with Crippen LogP contribution in [0, 0.1) is 0 Å². The van der Waals surface area contributed by atoms with Gasteiger partial charge in [0.1, 0.15) is 0 Å². The monoisotopic (exact) mass is 246 g/mol. The van der Waals surface area contributed by atoms with Crippen molar-refractivity contribution in [2.24, 2.45) is 0 Å². The molecule has 0 aliphatic carbocycles. The van der Waals surface area contributed by atoms with Gasteiger partial charge in [0.15, 0.2) is 18.3 Å². The van der Waals surface area contributed by atoms with Crippen LogP contribution < -0.4 is 9.47 Å². The molecule has 0 spiro atoms. The molecule has 13 heavy (non-hydrogen) atoms. The molecule has 4 heteroatoms. The Balaban J connectivity index is 2.79. The summed E-state index contributed by atoms with van der Waals surface area (Å²) < 4.78 is 16.1. The number of rotatable bonds is 4. The van der Waals surface area contributed by atoms with Crippen molar-refractivity contribution in [3.8, 4) is 11.5 Å². The second-order valence-electron chi connectivity index (χ2n) is 2.35. The highest BCUT2D eigenvalue weighted by Gasteiger charge is 2.03. The van der Waals surface area contributed by atoms with Gasteiger partial charge in [-0.3, -0.25) is 0 Å². The number of methoxy groups -OCH3 is 2. The maximum Gasteiger partial charge on any atom is 0.188 e. The SMILES string of the molecule is COCOc1ccc(Br)cc1OC. The van der Waals surface area contributed by atoms with Gasteiger partial charge in [0.05, 0.1) is 7.11 Å². The van der Waals surface area contributed by atoms with Crippen LogP contribution in [-0.2, 0) is 4.74 Å². The molecular formula is C9H11BrO3. The van der Waals surface area contributed by atoms with E-state index in [0.29, 0.717) is 11.5 Å². The Hall–Kier alpha value is -0.740. The molecule has 0 aromatic heterocycles. The summed E-state index contributed by atoms with van der Waals surface area (Å²) in [5.41, 5.74) is 0. The predicted molar refractivity (Wildman–Crippen MR) is 53.2 cm³/mol. The fraction of sp³-hybridized carbons (Fsp3) is 0.333. The van der Waals surface area contributed by atoms with Gasteiger partial charge < -0.3 is 14.2 Å². The third-order valence-corrected chi connectivity index (χ3v) is 1.95. The Labute approximate surface area is 85.7 Å². The smallest absolute Gasteiger partial charge is 0.188 e. The lowest BCUT2D eigenvalue weighted by atomic mass is 10.3. The van der Waals surface area contributed by atoms with E-state index < -0.39 is 0 Å². The van der Waals surface area contributed by atoms with Crippen LogP contribution in [0.25, 0.3) is 0 Å². The van der Waals surface area contributed by atoms with Gasteiger partial charge in [-0.1, -0.05) is 15.9 Å². The highest BCUT2D eigenvalue weighted by molar-refractivity contribution is 9.10. The van der Waals surface area contributed by atoms with Crippen LogP contribution in [0.5, 0.6) is 11.5 Å². The summed E-state index contributed by atoms with van der Waals surface area (Å²) in [6.45, 7) is 0.220. The molecule has 0 N–H and O–H groups in total. The topological polar surface area (TPSA) is 27.7 Å². The van der Waals surface area contributed by atoms with Crippen molar-refractivity contribution in [2.75, 3.05) is 21.0 Å². The largest absolute Gasteiger partial charge is 0.493 e. The molecule has 0 aliphatic rings. The third-order valence-electron chi connectivity index (χ3n) is 1.46. The van der Waals surface area contributed by atoms with Crippen LogP contribution in [0.1, 0.15) is 0 Å². The highest BCUT2D eigenvalue weighted by Crippen LogP contribution is 2.29. The average molecular weight is 247 g/mol.